The number of likely N-dealkylation sites (tertiary alicyclic amines) is 1. The zero-order valence-corrected chi connectivity index (χ0v) is 36.9. The van der Waals surface area contributed by atoms with Gasteiger partial charge >= 0.3 is 18.5 Å². The first-order valence-corrected chi connectivity index (χ1v) is 20.9. The molecule has 3 aromatic carbocycles. The maximum Gasteiger partial charge on any atom is 0.416 e. The second-order valence-electron chi connectivity index (χ2n) is 17.3. The normalized spacial score (nSPS) is 16.1. The van der Waals surface area contributed by atoms with Crippen LogP contribution in [0.15, 0.2) is 54.9 Å². The minimum atomic E-state index is -4.60. The van der Waals surface area contributed by atoms with Crippen LogP contribution in [0.5, 0.6) is 0 Å². The largest absolute Gasteiger partial charge is 0.416 e. The number of pyridine rings is 1. The van der Waals surface area contributed by atoms with Gasteiger partial charge in [-0.25, -0.2) is 15.8 Å². The summed E-state index contributed by atoms with van der Waals surface area (Å²) in [6.07, 6.45) is -11.4. The Morgan fingerprint density at radius 2 is 1.03 bits per heavy atom. The monoisotopic (exact) mass is 943 g/mol. The Hall–Kier alpha value is -6.54. The van der Waals surface area contributed by atoms with Crippen LogP contribution in [0.4, 0.5) is 49.6 Å². The maximum absolute atomic E-state index is 13.5. The van der Waals surface area contributed by atoms with Gasteiger partial charge in [0, 0.05) is 72.8 Å². The molecule has 5 heterocycles. The Bertz CT molecular complexity index is 2690. The first kappa shape index (κ1) is 49.9. The second kappa shape index (κ2) is 18.6. The van der Waals surface area contributed by atoms with Crippen LogP contribution >= 0.6 is 0 Å². The highest BCUT2D eigenvalue weighted by Gasteiger charge is 2.44. The number of carbonyl (C=O) groups excluding carboxylic acids is 3. The van der Waals surface area contributed by atoms with Gasteiger partial charge in [-0.2, -0.15) is 39.5 Å². The van der Waals surface area contributed by atoms with Crippen molar-refractivity contribution >= 4 is 23.4 Å². The molecular weight excluding hydrogens is 901 g/mol. The highest BCUT2D eigenvalue weighted by molar-refractivity contribution is 6.01. The van der Waals surface area contributed by atoms with Crippen molar-refractivity contribution in [2.24, 2.45) is 0 Å². The summed E-state index contributed by atoms with van der Waals surface area (Å²) in [6, 6.07) is 7.59. The van der Waals surface area contributed by atoms with E-state index in [-0.39, 0.29) is 99.9 Å². The van der Waals surface area contributed by atoms with E-state index in [1.807, 2.05) is 4.90 Å². The second-order valence-corrected chi connectivity index (χ2v) is 17.3. The third-order valence-corrected chi connectivity index (χ3v) is 11.7. The topological polar surface area (TPSA) is 85.8 Å². The number of amides is 3. The number of nitrogens with zero attached hydrogens (tertiary/aromatic N) is 7. The molecule has 20 heteroatoms. The van der Waals surface area contributed by atoms with Crippen molar-refractivity contribution < 1.29 is 58.3 Å². The highest BCUT2D eigenvalue weighted by atomic mass is 19.4. The quantitative estimate of drug-likeness (QED) is 0.142. The smallest absolute Gasteiger partial charge is 0.332 e. The zero-order chi connectivity index (χ0) is 49.7. The first-order valence-electron chi connectivity index (χ1n) is 20.9. The summed E-state index contributed by atoms with van der Waals surface area (Å²) in [5.41, 5.74) is -1.65. The van der Waals surface area contributed by atoms with Crippen LogP contribution < -0.4 is 0 Å². The van der Waals surface area contributed by atoms with Crippen LogP contribution in [-0.4, -0.2) is 79.6 Å². The Balaban J connectivity index is 0.000000167. The van der Waals surface area contributed by atoms with E-state index in [1.54, 1.807) is 47.6 Å². The lowest BCUT2D eigenvalue weighted by molar-refractivity contribution is -0.139. The van der Waals surface area contributed by atoms with Crippen molar-refractivity contribution in [3.63, 3.8) is 0 Å². The lowest BCUT2D eigenvalue weighted by Gasteiger charge is -2.31. The van der Waals surface area contributed by atoms with E-state index < -0.39 is 52.9 Å². The molecule has 4 aromatic rings. The Morgan fingerprint density at radius 1 is 0.597 bits per heavy atom. The summed E-state index contributed by atoms with van der Waals surface area (Å²) in [7, 11) is 0. The van der Waals surface area contributed by atoms with Crippen molar-refractivity contribution in [1.82, 2.24) is 24.6 Å². The number of benzene rings is 3. The molecule has 1 aromatic heterocycles. The van der Waals surface area contributed by atoms with Gasteiger partial charge in [0.15, 0.2) is 5.69 Å². The fourth-order valence-corrected chi connectivity index (χ4v) is 8.25. The number of hydrogen-bond donors (Lipinski definition) is 0. The fraction of sp³-hybridized carbons (Fsp3) is 0.404. The molecule has 0 spiro atoms. The molecule has 3 amide bonds. The van der Waals surface area contributed by atoms with Gasteiger partial charge in [-0.3, -0.25) is 24.3 Å². The van der Waals surface area contributed by atoms with Crippen LogP contribution in [-0.2, 0) is 44.7 Å². The van der Waals surface area contributed by atoms with Gasteiger partial charge in [0.1, 0.15) is 5.82 Å². The third kappa shape index (κ3) is 10.4. The summed E-state index contributed by atoms with van der Waals surface area (Å²) in [6.45, 7) is 25.7. The number of fused-ring (bicyclic) bond motifs is 3. The SMILES string of the molecule is CC(C)N1Cc2c(cc(-c3cncc(F)c3)cc2C(F)(F)F)C1=O.[C-]#[N+]C1CN(Cc2cc3c(c(C(F)(F)F)c2)CN(C(C)C)C3=O)C1.[C-]#[N+]c1cc2c(c(C(F)(F)F)c1)CN(C(C)C)C2=O. The van der Waals surface area contributed by atoms with Gasteiger partial charge in [0.2, 0.25) is 6.04 Å². The molecule has 0 bridgehead atoms. The number of halogens is 10. The predicted octanol–water partition coefficient (Wildman–Crippen LogP) is 11.1. The number of rotatable bonds is 6. The Morgan fingerprint density at radius 3 is 1.45 bits per heavy atom. The molecule has 4 aliphatic rings. The average molecular weight is 944 g/mol. The molecule has 0 radical (unpaired) electrons. The van der Waals surface area contributed by atoms with Crippen LogP contribution in [0.25, 0.3) is 20.8 Å². The van der Waals surface area contributed by atoms with Gasteiger partial charge in [-0.05, 0) is 112 Å². The number of alkyl halides is 9. The van der Waals surface area contributed by atoms with Crippen LogP contribution in [0.2, 0.25) is 0 Å². The van der Waals surface area contributed by atoms with E-state index in [2.05, 4.69) is 14.7 Å². The Kier molecular flexibility index (Phi) is 13.9. The van der Waals surface area contributed by atoms with Crippen LogP contribution in [0, 0.1) is 19.0 Å². The summed E-state index contributed by atoms with van der Waals surface area (Å²) in [5, 5.41) is 0. The van der Waals surface area contributed by atoms with Crippen molar-refractivity contribution in [3.8, 4) is 11.1 Å². The fourth-order valence-electron chi connectivity index (χ4n) is 8.25. The van der Waals surface area contributed by atoms with Gasteiger partial charge in [-0.15, -0.1) is 0 Å². The first-order chi connectivity index (χ1) is 31.1. The maximum atomic E-state index is 13.5. The summed E-state index contributed by atoms with van der Waals surface area (Å²) in [5.74, 6) is -1.88. The van der Waals surface area contributed by atoms with E-state index in [9.17, 15) is 58.3 Å². The molecule has 4 aliphatic heterocycles. The lowest BCUT2D eigenvalue weighted by atomic mass is 9.96. The third-order valence-electron chi connectivity index (χ3n) is 11.7. The van der Waals surface area contributed by atoms with Crippen LogP contribution in [0.1, 0.15) is 112 Å². The number of carbonyl (C=O) groups is 3. The molecule has 354 valence electrons. The van der Waals surface area contributed by atoms with Gasteiger partial charge in [-0.1, -0.05) is 0 Å². The summed E-state index contributed by atoms with van der Waals surface area (Å²) in [4.78, 5) is 53.1. The summed E-state index contributed by atoms with van der Waals surface area (Å²) >= 11 is 0. The van der Waals surface area contributed by atoms with Crippen molar-refractivity contribution in [2.75, 3.05) is 13.1 Å². The van der Waals surface area contributed by atoms with Crippen LogP contribution in [0.3, 0.4) is 0 Å². The van der Waals surface area contributed by atoms with Crippen molar-refractivity contribution in [3.05, 3.63) is 139 Å². The number of aromatic nitrogens is 1. The van der Waals surface area contributed by atoms with Gasteiger partial charge in [0.25, 0.3) is 17.7 Å². The van der Waals surface area contributed by atoms with E-state index in [4.69, 9.17) is 13.1 Å². The molecule has 0 saturated carbocycles. The lowest BCUT2D eigenvalue weighted by Crippen LogP contribution is -2.48. The molecule has 67 heavy (non-hydrogen) atoms. The van der Waals surface area contributed by atoms with Gasteiger partial charge in [0.05, 0.1) is 42.5 Å². The molecular formula is C47H43F10N7O3. The predicted molar refractivity (Wildman–Crippen MR) is 224 cm³/mol. The molecule has 1 saturated heterocycles. The van der Waals surface area contributed by atoms with Gasteiger partial charge < -0.3 is 19.5 Å². The van der Waals surface area contributed by atoms with Crippen molar-refractivity contribution in [1.29, 1.82) is 0 Å². The Labute approximate surface area is 379 Å². The van der Waals surface area contributed by atoms with E-state index in [0.29, 0.717) is 25.2 Å². The zero-order valence-electron chi connectivity index (χ0n) is 36.9. The standard InChI is InChI=1S/C17H14F4N2O.C17H18F3N3O.C13H11F3N2O/c1-9(2)23-8-14-13(16(23)24)4-10(5-15(14)17(19,20)21)11-3-12(18)7-22-6-11;1-10(2)23-9-14-13(16(23)24)4-11(5-15(14)17(18,19)20)6-22-7-12(8-22)21-3;1-7(2)18-6-10-9(12(18)19)4-8(17-3)5-11(10)13(14,15)16/h3-7,9H,8H2,1-2H3;4-5,10,12H,6-9H2,1-2H3;4-5,7H,6H2,1-2H3. The molecule has 0 aliphatic carbocycles. The van der Waals surface area contributed by atoms with Crippen molar-refractivity contribution in [2.45, 2.75) is 110 Å². The molecule has 0 atom stereocenters. The van der Waals surface area contributed by atoms with E-state index in [0.717, 1.165) is 30.5 Å². The molecule has 10 nitrogen and oxygen atoms in total. The molecule has 0 N–H and O–H groups in total. The summed E-state index contributed by atoms with van der Waals surface area (Å²) < 4.78 is 133. The van der Waals surface area contributed by atoms with E-state index in [1.165, 1.54) is 33.0 Å². The van der Waals surface area contributed by atoms with E-state index >= 15 is 0 Å². The molecule has 8 rings (SSSR count). The minimum absolute atomic E-state index is 0.00443. The minimum Gasteiger partial charge on any atom is -0.332 e. The molecule has 0 unspecified atom stereocenters. The number of hydrogen-bond acceptors (Lipinski definition) is 5. The average Bonchev–Trinajstić information content (AvgIpc) is 3.87. The highest BCUT2D eigenvalue weighted by Crippen LogP contribution is 2.43. The molecule has 1 fully saturated rings.